The molecule has 0 amide bonds. The highest BCUT2D eigenvalue weighted by Gasteiger charge is 2.19. The molecule has 1 saturated heterocycles. The first-order valence-electron chi connectivity index (χ1n) is 7.93. The molecule has 6 heteroatoms. The van der Waals surface area contributed by atoms with Gasteiger partial charge in [0.25, 0.3) is 0 Å². The molecule has 3 nitrogen and oxygen atoms in total. The first-order chi connectivity index (χ1) is 11.6. The molecular formula is C18H19Cl3N3+. The Kier molecular flexibility index (Phi) is 6.01. The van der Waals surface area contributed by atoms with E-state index in [0.717, 1.165) is 43.3 Å². The van der Waals surface area contributed by atoms with Crippen molar-refractivity contribution in [3.63, 3.8) is 0 Å². The van der Waals surface area contributed by atoms with Gasteiger partial charge in [-0.15, -0.1) is 0 Å². The van der Waals surface area contributed by atoms with Gasteiger partial charge in [0.1, 0.15) is 6.54 Å². The summed E-state index contributed by atoms with van der Waals surface area (Å²) in [5, 5.41) is 8.56. The van der Waals surface area contributed by atoms with E-state index in [4.69, 9.17) is 34.8 Å². The SMILES string of the molecule is Clc1ccccc1C[NH+]1CCN(/N=C/c2cccc(Cl)c2Cl)CC1. The first-order valence-corrected chi connectivity index (χ1v) is 9.07. The number of piperazine rings is 1. The minimum Gasteiger partial charge on any atom is -0.328 e. The third-order valence-electron chi connectivity index (χ3n) is 4.19. The Bertz CT molecular complexity index is 725. The molecule has 0 aromatic heterocycles. The summed E-state index contributed by atoms with van der Waals surface area (Å²) in [5.74, 6) is 0. The maximum atomic E-state index is 6.25. The molecule has 0 spiro atoms. The van der Waals surface area contributed by atoms with E-state index in [1.54, 1.807) is 12.3 Å². The summed E-state index contributed by atoms with van der Waals surface area (Å²) in [6.07, 6.45) is 1.78. The summed E-state index contributed by atoms with van der Waals surface area (Å²) in [4.78, 5) is 1.52. The van der Waals surface area contributed by atoms with Crippen LogP contribution in [-0.4, -0.2) is 37.4 Å². The van der Waals surface area contributed by atoms with Gasteiger partial charge in [0.05, 0.1) is 42.4 Å². The second kappa shape index (κ2) is 8.21. The predicted octanol–water partition coefficient (Wildman–Crippen LogP) is 3.38. The molecule has 126 valence electrons. The Morgan fingerprint density at radius 2 is 1.67 bits per heavy atom. The molecule has 2 aromatic rings. The fourth-order valence-corrected chi connectivity index (χ4v) is 3.34. The van der Waals surface area contributed by atoms with E-state index in [2.05, 4.69) is 16.2 Å². The lowest BCUT2D eigenvalue weighted by Crippen LogP contribution is -3.13. The molecule has 1 aliphatic heterocycles. The van der Waals surface area contributed by atoms with Crippen molar-refractivity contribution in [3.8, 4) is 0 Å². The van der Waals surface area contributed by atoms with Crippen molar-refractivity contribution in [1.29, 1.82) is 0 Å². The van der Waals surface area contributed by atoms with Gasteiger partial charge in [0.15, 0.2) is 0 Å². The quantitative estimate of drug-likeness (QED) is 0.802. The smallest absolute Gasteiger partial charge is 0.104 e. The van der Waals surface area contributed by atoms with Gasteiger partial charge in [0.2, 0.25) is 0 Å². The number of halogens is 3. The van der Waals surface area contributed by atoms with Crippen LogP contribution in [0.3, 0.4) is 0 Å². The summed E-state index contributed by atoms with van der Waals surface area (Å²) < 4.78 is 0. The Hall–Kier alpha value is -1.26. The zero-order chi connectivity index (χ0) is 16.9. The van der Waals surface area contributed by atoms with E-state index < -0.39 is 0 Å². The van der Waals surface area contributed by atoms with Crippen molar-refractivity contribution in [2.75, 3.05) is 26.2 Å². The molecule has 0 saturated carbocycles. The van der Waals surface area contributed by atoms with Crippen LogP contribution in [0.2, 0.25) is 15.1 Å². The number of hydrogen-bond acceptors (Lipinski definition) is 2. The van der Waals surface area contributed by atoms with E-state index in [-0.39, 0.29) is 0 Å². The van der Waals surface area contributed by atoms with E-state index >= 15 is 0 Å². The third-order valence-corrected chi connectivity index (χ3v) is 5.39. The second-order valence-electron chi connectivity index (χ2n) is 5.86. The molecule has 0 radical (unpaired) electrons. The first kappa shape index (κ1) is 17.6. The van der Waals surface area contributed by atoms with Gasteiger partial charge in [-0.25, -0.2) is 0 Å². The van der Waals surface area contributed by atoms with E-state index in [1.807, 2.05) is 30.3 Å². The van der Waals surface area contributed by atoms with Crippen LogP contribution in [-0.2, 0) is 6.54 Å². The summed E-state index contributed by atoms with van der Waals surface area (Å²) in [6.45, 7) is 4.85. The highest BCUT2D eigenvalue weighted by atomic mass is 35.5. The molecule has 1 N–H and O–H groups in total. The molecule has 1 heterocycles. The number of benzene rings is 2. The second-order valence-corrected chi connectivity index (χ2v) is 7.05. The lowest BCUT2D eigenvalue weighted by Gasteiger charge is -2.30. The molecule has 24 heavy (non-hydrogen) atoms. The zero-order valence-electron chi connectivity index (χ0n) is 13.2. The van der Waals surface area contributed by atoms with Gasteiger partial charge in [0, 0.05) is 16.1 Å². The molecule has 1 fully saturated rings. The summed E-state index contributed by atoms with van der Waals surface area (Å²) >= 11 is 18.5. The van der Waals surface area contributed by atoms with E-state index in [1.165, 1.54) is 10.5 Å². The summed E-state index contributed by atoms with van der Waals surface area (Å²) in [7, 11) is 0. The topological polar surface area (TPSA) is 20.0 Å². The van der Waals surface area contributed by atoms with Crippen LogP contribution in [0.4, 0.5) is 0 Å². The van der Waals surface area contributed by atoms with Crippen LogP contribution in [0, 0.1) is 0 Å². The average molecular weight is 384 g/mol. The molecule has 3 rings (SSSR count). The largest absolute Gasteiger partial charge is 0.328 e. The van der Waals surface area contributed by atoms with Crippen molar-refractivity contribution in [1.82, 2.24) is 5.01 Å². The van der Waals surface area contributed by atoms with E-state index in [9.17, 15) is 0 Å². The number of quaternary nitrogens is 1. The van der Waals surface area contributed by atoms with Gasteiger partial charge in [-0.3, -0.25) is 5.01 Å². The third kappa shape index (κ3) is 4.42. The van der Waals surface area contributed by atoms with Crippen LogP contribution in [0.15, 0.2) is 47.6 Å². The van der Waals surface area contributed by atoms with Gasteiger partial charge < -0.3 is 4.90 Å². The van der Waals surface area contributed by atoms with Gasteiger partial charge in [-0.1, -0.05) is 65.1 Å². The normalized spacial score (nSPS) is 16.0. The zero-order valence-corrected chi connectivity index (χ0v) is 15.5. The molecule has 0 unspecified atom stereocenters. The minimum absolute atomic E-state index is 0.547. The summed E-state index contributed by atoms with van der Waals surface area (Å²) in [5.41, 5.74) is 2.05. The molecule has 0 bridgehead atoms. The molecular weight excluding hydrogens is 365 g/mol. The maximum Gasteiger partial charge on any atom is 0.104 e. The predicted molar refractivity (Wildman–Crippen MR) is 101 cm³/mol. The van der Waals surface area contributed by atoms with Gasteiger partial charge >= 0.3 is 0 Å². The Morgan fingerprint density at radius 1 is 0.958 bits per heavy atom. The number of hydrazone groups is 1. The van der Waals surface area contributed by atoms with Crippen LogP contribution >= 0.6 is 34.8 Å². The number of rotatable bonds is 4. The highest BCUT2D eigenvalue weighted by molar-refractivity contribution is 6.43. The highest BCUT2D eigenvalue weighted by Crippen LogP contribution is 2.24. The summed E-state index contributed by atoms with van der Waals surface area (Å²) in [6, 6.07) is 13.6. The fraction of sp³-hybridized carbons (Fsp3) is 0.278. The van der Waals surface area contributed by atoms with Crippen molar-refractivity contribution in [3.05, 3.63) is 68.7 Å². The lowest BCUT2D eigenvalue weighted by atomic mass is 10.2. The molecule has 1 aliphatic rings. The molecule has 0 aliphatic carbocycles. The lowest BCUT2D eigenvalue weighted by molar-refractivity contribution is -0.918. The van der Waals surface area contributed by atoms with Crippen molar-refractivity contribution in [2.45, 2.75) is 6.54 Å². The van der Waals surface area contributed by atoms with E-state index in [0.29, 0.717) is 10.0 Å². The van der Waals surface area contributed by atoms with Gasteiger partial charge in [-0.05, 0) is 12.1 Å². The Labute approximate surface area is 157 Å². The van der Waals surface area contributed by atoms with Gasteiger partial charge in [-0.2, -0.15) is 5.10 Å². The van der Waals surface area contributed by atoms with Crippen LogP contribution < -0.4 is 4.90 Å². The van der Waals surface area contributed by atoms with Crippen LogP contribution in [0.25, 0.3) is 0 Å². The Morgan fingerprint density at radius 3 is 2.42 bits per heavy atom. The number of nitrogens with zero attached hydrogens (tertiary/aromatic N) is 2. The van der Waals surface area contributed by atoms with Crippen molar-refractivity contribution >= 4 is 41.0 Å². The van der Waals surface area contributed by atoms with Crippen molar-refractivity contribution in [2.24, 2.45) is 5.10 Å². The molecule has 2 aromatic carbocycles. The standard InChI is InChI=1S/C18H18Cl3N3/c19-16-6-2-1-4-15(16)13-23-8-10-24(11-9-23)22-12-14-5-3-7-17(20)18(14)21/h1-7,12H,8-11,13H2/p+1/b22-12+. The average Bonchev–Trinajstić information content (AvgIpc) is 2.59. The minimum atomic E-state index is 0.547. The Balaban J connectivity index is 1.54. The molecule has 0 atom stereocenters. The van der Waals surface area contributed by atoms with Crippen LogP contribution in [0.5, 0.6) is 0 Å². The van der Waals surface area contributed by atoms with Crippen LogP contribution in [0.1, 0.15) is 11.1 Å². The maximum absolute atomic E-state index is 6.25. The number of hydrogen-bond donors (Lipinski definition) is 1. The number of nitrogens with one attached hydrogen (secondary N) is 1. The fourth-order valence-electron chi connectivity index (χ4n) is 2.78. The van der Waals surface area contributed by atoms with Crippen molar-refractivity contribution < 1.29 is 4.90 Å². The monoisotopic (exact) mass is 382 g/mol.